The third kappa shape index (κ3) is 4.47. The Hall–Kier alpha value is -6.44. The second kappa shape index (κ2) is 11.1. The fourth-order valence-electron chi connectivity index (χ4n) is 7.79. The molecular formula is C48H30O. The van der Waals surface area contributed by atoms with Gasteiger partial charge in [-0.2, -0.15) is 0 Å². The van der Waals surface area contributed by atoms with E-state index < -0.39 is 0 Å². The molecule has 1 aromatic heterocycles. The highest BCUT2D eigenvalue weighted by Gasteiger charge is 2.19. The normalized spacial score (nSPS) is 11.7. The Bertz CT molecular complexity index is 2820. The first-order chi connectivity index (χ1) is 24.3. The van der Waals surface area contributed by atoms with Gasteiger partial charge in [-0.25, -0.2) is 0 Å². The molecule has 228 valence electrons. The van der Waals surface area contributed by atoms with Gasteiger partial charge in [0.05, 0.1) is 0 Å². The minimum Gasteiger partial charge on any atom is -0.456 e. The Labute approximate surface area is 284 Å². The molecule has 9 aromatic carbocycles. The van der Waals surface area contributed by atoms with Crippen LogP contribution in [0.1, 0.15) is 0 Å². The number of benzene rings is 9. The number of furan rings is 1. The number of hydrogen-bond acceptors (Lipinski definition) is 1. The van der Waals surface area contributed by atoms with E-state index in [0.29, 0.717) is 0 Å². The molecule has 0 N–H and O–H groups in total. The van der Waals surface area contributed by atoms with Gasteiger partial charge >= 0.3 is 0 Å². The molecule has 0 radical (unpaired) electrons. The van der Waals surface area contributed by atoms with Crippen LogP contribution in [0.15, 0.2) is 186 Å². The summed E-state index contributed by atoms with van der Waals surface area (Å²) in [5.41, 5.74) is 11.7. The predicted octanol–water partition coefficient (Wildman–Crippen LogP) is 13.7. The van der Waals surface area contributed by atoms with Gasteiger partial charge in [0, 0.05) is 10.8 Å². The lowest BCUT2D eigenvalue weighted by molar-refractivity contribution is 0.669. The molecule has 0 amide bonds. The van der Waals surface area contributed by atoms with Crippen molar-refractivity contribution < 1.29 is 4.42 Å². The highest BCUT2D eigenvalue weighted by molar-refractivity contribution is 6.22. The van der Waals surface area contributed by atoms with E-state index in [0.717, 1.165) is 21.9 Å². The quantitative estimate of drug-likeness (QED) is 0.178. The van der Waals surface area contributed by atoms with E-state index in [2.05, 4.69) is 170 Å². The molecule has 10 rings (SSSR count). The average Bonchev–Trinajstić information content (AvgIpc) is 3.55. The van der Waals surface area contributed by atoms with Crippen LogP contribution in [-0.4, -0.2) is 0 Å². The van der Waals surface area contributed by atoms with E-state index in [9.17, 15) is 0 Å². The van der Waals surface area contributed by atoms with Gasteiger partial charge in [-0.1, -0.05) is 152 Å². The first kappa shape index (κ1) is 27.7. The maximum absolute atomic E-state index is 6.09. The maximum Gasteiger partial charge on any atom is 0.135 e. The molecule has 0 aliphatic rings. The van der Waals surface area contributed by atoms with Crippen molar-refractivity contribution in [2.45, 2.75) is 0 Å². The molecule has 0 aliphatic heterocycles. The number of para-hydroxylation sites is 1. The summed E-state index contributed by atoms with van der Waals surface area (Å²) in [4.78, 5) is 0. The zero-order chi connectivity index (χ0) is 32.3. The summed E-state index contributed by atoms with van der Waals surface area (Å²) in [7, 11) is 0. The largest absolute Gasteiger partial charge is 0.456 e. The van der Waals surface area contributed by atoms with Gasteiger partial charge in [0.25, 0.3) is 0 Å². The second-order valence-electron chi connectivity index (χ2n) is 12.8. The molecular weight excluding hydrogens is 593 g/mol. The van der Waals surface area contributed by atoms with Crippen molar-refractivity contribution in [3.8, 4) is 44.5 Å². The minimum absolute atomic E-state index is 0.921. The minimum atomic E-state index is 0.921. The summed E-state index contributed by atoms with van der Waals surface area (Å²) in [6.45, 7) is 0. The fourth-order valence-corrected chi connectivity index (χ4v) is 7.79. The Morgan fingerprint density at radius 2 is 0.755 bits per heavy atom. The van der Waals surface area contributed by atoms with E-state index in [1.165, 1.54) is 76.8 Å². The number of rotatable bonds is 4. The van der Waals surface area contributed by atoms with Crippen LogP contribution in [0.3, 0.4) is 0 Å². The standard InChI is InChI=1S/C48H30O/c1-2-12-31(13-3-1)37-14-4-5-16-39(37)48-42-19-8-6-17-40(42)47(41-18-7-9-20-43(41)48)36-25-24-32-28-33(22-23-34(32)29-36)35-26-27-46-44(30-35)38-15-10-11-21-45(38)49-46/h1-30H. The topological polar surface area (TPSA) is 13.1 Å². The van der Waals surface area contributed by atoms with Gasteiger partial charge in [-0.3, -0.25) is 0 Å². The van der Waals surface area contributed by atoms with E-state index in [1.54, 1.807) is 0 Å². The first-order valence-electron chi connectivity index (χ1n) is 16.8. The van der Waals surface area contributed by atoms with Crippen molar-refractivity contribution in [3.05, 3.63) is 182 Å². The lowest BCUT2D eigenvalue weighted by atomic mass is 9.83. The molecule has 49 heavy (non-hydrogen) atoms. The van der Waals surface area contributed by atoms with E-state index in [-0.39, 0.29) is 0 Å². The molecule has 1 heterocycles. The third-order valence-corrected chi connectivity index (χ3v) is 10.1. The lowest BCUT2D eigenvalue weighted by Gasteiger charge is -2.20. The molecule has 0 fully saturated rings. The summed E-state index contributed by atoms with van der Waals surface area (Å²) >= 11 is 0. The van der Waals surface area contributed by atoms with Crippen molar-refractivity contribution in [2.24, 2.45) is 0 Å². The van der Waals surface area contributed by atoms with Gasteiger partial charge in [0.2, 0.25) is 0 Å². The van der Waals surface area contributed by atoms with Crippen LogP contribution in [0.5, 0.6) is 0 Å². The summed E-state index contributed by atoms with van der Waals surface area (Å²) in [6.07, 6.45) is 0. The molecule has 10 aromatic rings. The van der Waals surface area contributed by atoms with Crippen molar-refractivity contribution in [1.82, 2.24) is 0 Å². The van der Waals surface area contributed by atoms with Gasteiger partial charge in [0.15, 0.2) is 0 Å². The van der Waals surface area contributed by atoms with Gasteiger partial charge in [0.1, 0.15) is 11.2 Å². The lowest BCUT2D eigenvalue weighted by Crippen LogP contribution is -1.92. The molecule has 1 nitrogen and oxygen atoms in total. The Balaban J connectivity index is 1.14. The van der Waals surface area contributed by atoms with Gasteiger partial charge in [-0.05, 0) is 107 Å². The third-order valence-electron chi connectivity index (χ3n) is 10.1. The Kier molecular flexibility index (Phi) is 6.25. The van der Waals surface area contributed by atoms with Crippen LogP contribution < -0.4 is 0 Å². The van der Waals surface area contributed by atoms with Crippen LogP contribution in [0, 0.1) is 0 Å². The molecule has 0 atom stereocenters. The van der Waals surface area contributed by atoms with Crippen LogP contribution in [0.2, 0.25) is 0 Å². The molecule has 0 saturated heterocycles. The zero-order valence-electron chi connectivity index (χ0n) is 26.7. The molecule has 0 unspecified atom stereocenters. The summed E-state index contributed by atoms with van der Waals surface area (Å²) in [6, 6.07) is 65.9. The van der Waals surface area contributed by atoms with Crippen molar-refractivity contribution in [3.63, 3.8) is 0 Å². The van der Waals surface area contributed by atoms with E-state index in [1.807, 2.05) is 12.1 Å². The monoisotopic (exact) mass is 622 g/mol. The van der Waals surface area contributed by atoms with Crippen LogP contribution in [-0.2, 0) is 0 Å². The Morgan fingerprint density at radius 3 is 1.47 bits per heavy atom. The fraction of sp³-hybridized carbons (Fsp3) is 0. The molecule has 0 aliphatic carbocycles. The number of fused-ring (bicyclic) bond motifs is 6. The summed E-state index contributed by atoms with van der Waals surface area (Å²) in [5, 5.41) is 9.79. The van der Waals surface area contributed by atoms with Crippen LogP contribution in [0.25, 0.3) is 98.8 Å². The highest BCUT2D eigenvalue weighted by atomic mass is 16.3. The predicted molar refractivity (Wildman–Crippen MR) is 208 cm³/mol. The van der Waals surface area contributed by atoms with Crippen molar-refractivity contribution in [2.75, 3.05) is 0 Å². The smallest absolute Gasteiger partial charge is 0.135 e. The first-order valence-corrected chi connectivity index (χ1v) is 16.8. The number of hydrogen-bond donors (Lipinski definition) is 0. The summed E-state index contributed by atoms with van der Waals surface area (Å²) < 4.78 is 6.09. The average molecular weight is 623 g/mol. The zero-order valence-corrected chi connectivity index (χ0v) is 26.7. The SMILES string of the molecule is c1ccc(-c2ccccc2-c2c3ccccc3c(-c3ccc4cc(-c5ccc6oc7ccccc7c6c5)ccc4c3)c3ccccc23)cc1. The van der Waals surface area contributed by atoms with Crippen molar-refractivity contribution >= 4 is 54.3 Å². The Morgan fingerprint density at radius 1 is 0.265 bits per heavy atom. The van der Waals surface area contributed by atoms with E-state index in [4.69, 9.17) is 4.42 Å². The molecule has 1 heteroatoms. The molecule has 0 spiro atoms. The van der Waals surface area contributed by atoms with Gasteiger partial charge in [-0.15, -0.1) is 0 Å². The van der Waals surface area contributed by atoms with Crippen LogP contribution in [0.4, 0.5) is 0 Å². The molecule has 0 bridgehead atoms. The van der Waals surface area contributed by atoms with Crippen LogP contribution >= 0.6 is 0 Å². The summed E-state index contributed by atoms with van der Waals surface area (Å²) in [5.74, 6) is 0. The molecule has 0 saturated carbocycles. The van der Waals surface area contributed by atoms with E-state index >= 15 is 0 Å². The maximum atomic E-state index is 6.09. The second-order valence-corrected chi connectivity index (χ2v) is 12.8. The van der Waals surface area contributed by atoms with Crippen molar-refractivity contribution in [1.29, 1.82) is 0 Å². The van der Waals surface area contributed by atoms with Gasteiger partial charge < -0.3 is 4.42 Å². The highest BCUT2D eigenvalue weighted by Crippen LogP contribution is 2.46.